The van der Waals surface area contributed by atoms with E-state index in [-0.39, 0.29) is 0 Å². The van der Waals surface area contributed by atoms with Crippen LogP contribution in [0.4, 0.5) is 5.82 Å². The second-order valence-corrected chi connectivity index (χ2v) is 8.92. The zero-order valence-electron chi connectivity index (χ0n) is 19.4. The Bertz CT molecular complexity index is 1210. The number of hydrogen-bond donors (Lipinski definition) is 1. The van der Waals surface area contributed by atoms with E-state index in [1.54, 1.807) is 0 Å². The number of unbranched alkanes of at least 4 members (excludes halogenated alkanes) is 1. The number of anilines is 1. The summed E-state index contributed by atoms with van der Waals surface area (Å²) in [4.78, 5) is 16.7. The van der Waals surface area contributed by atoms with E-state index < -0.39 is 0 Å². The topological polar surface area (TPSA) is 71.8 Å². The lowest BCUT2D eigenvalue weighted by Crippen LogP contribution is -2.18. The van der Waals surface area contributed by atoms with Crippen molar-refractivity contribution in [2.24, 2.45) is 0 Å². The fourth-order valence-corrected chi connectivity index (χ4v) is 4.08. The number of pyridine rings is 1. The zero-order valence-corrected chi connectivity index (χ0v) is 19.4. The van der Waals surface area contributed by atoms with Gasteiger partial charge in [-0.05, 0) is 56.6 Å². The average Bonchev–Trinajstić information content (AvgIpc) is 3.60. The summed E-state index contributed by atoms with van der Waals surface area (Å²) in [6.07, 6.45) is 8.44. The van der Waals surface area contributed by atoms with E-state index in [1.807, 2.05) is 30.6 Å². The van der Waals surface area contributed by atoms with Gasteiger partial charge in [0.25, 0.3) is 0 Å². The summed E-state index contributed by atoms with van der Waals surface area (Å²) < 4.78 is 2.06. The first kappa shape index (κ1) is 21.5. The summed E-state index contributed by atoms with van der Waals surface area (Å²) in [6, 6.07) is 15.0. The Labute approximate surface area is 194 Å². The number of fused-ring (bicyclic) bond motifs is 1. The van der Waals surface area contributed by atoms with Crippen LogP contribution < -0.4 is 5.32 Å². The third kappa shape index (κ3) is 5.03. The summed E-state index contributed by atoms with van der Waals surface area (Å²) in [5.41, 5.74) is 4.17. The molecule has 1 N–H and O–H groups in total. The van der Waals surface area contributed by atoms with E-state index in [0.717, 1.165) is 59.9 Å². The lowest BCUT2D eigenvalue weighted by molar-refractivity contribution is 0.321. The number of aromatic nitrogens is 5. The molecule has 0 spiro atoms. The standard InChI is InChI=1S/C26H31N7/c1-3-4-14-32(2)18-19-8-7-9-20(15-19)24-30-25(28-16-21-10-5-6-13-27-21)23-17-29-33(22-11-12-22)26(23)31-24/h5-10,13,15,17,22H,3-4,11-12,14,16,18H2,1-2H3,(H,28,30,31). The molecule has 7 heteroatoms. The average molecular weight is 442 g/mol. The highest BCUT2D eigenvalue weighted by atomic mass is 15.3. The second-order valence-electron chi connectivity index (χ2n) is 8.92. The minimum absolute atomic E-state index is 0.451. The maximum atomic E-state index is 4.97. The molecule has 1 saturated carbocycles. The Kier molecular flexibility index (Phi) is 6.30. The monoisotopic (exact) mass is 441 g/mol. The number of hydrogen-bond acceptors (Lipinski definition) is 6. The van der Waals surface area contributed by atoms with E-state index in [4.69, 9.17) is 9.97 Å². The molecule has 0 aliphatic heterocycles. The lowest BCUT2D eigenvalue weighted by atomic mass is 10.1. The van der Waals surface area contributed by atoms with Crippen molar-refractivity contribution in [1.82, 2.24) is 29.6 Å². The second kappa shape index (κ2) is 9.67. The SMILES string of the molecule is CCCCN(C)Cc1cccc(-c2nc(NCc3ccccn3)c3cnn(C4CC4)c3n2)c1. The van der Waals surface area contributed by atoms with E-state index >= 15 is 0 Å². The van der Waals surface area contributed by atoms with Crippen LogP contribution >= 0.6 is 0 Å². The van der Waals surface area contributed by atoms with Gasteiger partial charge in [-0.25, -0.2) is 14.6 Å². The number of nitrogens with zero attached hydrogens (tertiary/aromatic N) is 6. The van der Waals surface area contributed by atoms with Crippen LogP contribution in [0.15, 0.2) is 54.9 Å². The molecular formula is C26H31N7. The van der Waals surface area contributed by atoms with Gasteiger partial charge in [-0.3, -0.25) is 4.98 Å². The van der Waals surface area contributed by atoms with Crippen LogP contribution in [-0.4, -0.2) is 43.2 Å². The zero-order chi connectivity index (χ0) is 22.6. The van der Waals surface area contributed by atoms with Crippen molar-refractivity contribution in [3.8, 4) is 11.4 Å². The highest BCUT2D eigenvalue weighted by molar-refractivity contribution is 5.88. The highest BCUT2D eigenvalue weighted by Crippen LogP contribution is 2.37. The van der Waals surface area contributed by atoms with Gasteiger partial charge in [0.05, 0.1) is 29.9 Å². The van der Waals surface area contributed by atoms with Crippen molar-refractivity contribution in [2.75, 3.05) is 18.9 Å². The number of rotatable bonds is 10. The van der Waals surface area contributed by atoms with Crippen molar-refractivity contribution in [3.63, 3.8) is 0 Å². The van der Waals surface area contributed by atoms with Gasteiger partial charge in [0.2, 0.25) is 0 Å². The quantitative estimate of drug-likeness (QED) is 0.371. The molecule has 1 aliphatic rings. The molecule has 0 amide bonds. The van der Waals surface area contributed by atoms with Crippen molar-refractivity contribution >= 4 is 16.9 Å². The molecule has 3 aromatic heterocycles. The highest BCUT2D eigenvalue weighted by Gasteiger charge is 2.27. The number of benzene rings is 1. The molecule has 0 atom stereocenters. The molecule has 0 unspecified atom stereocenters. The van der Waals surface area contributed by atoms with Gasteiger partial charge in [-0.15, -0.1) is 0 Å². The maximum Gasteiger partial charge on any atom is 0.164 e. The fraction of sp³-hybridized carbons (Fsp3) is 0.385. The smallest absolute Gasteiger partial charge is 0.164 e. The molecule has 7 nitrogen and oxygen atoms in total. The largest absolute Gasteiger partial charge is 0.364 e. The molecular weight excluding hydrogens is 410 g/mol. The summed E-state index contributed by atoms with van der Waals surface area (Å²) in [6.45, 7) is 4.85. The van der Waals surface area contributed by atoms with E-state index in [1.165, 1.54) is 18.4 Å². The number of nitrogens with one attached hydrogen (secondary N) is 1. The van der Waals surface area contributed by atoms with Gasteiger partial charge in [-0.2, -0.15) is 5.10 Å². The van der Waals surface area contributed by atoms with Gasteiger partial charge < -0.3 is 10.2 Å². The summed E-state index contributed by atoms with van der Waals surface area (Å²) in [5.74, 6) is 1.53. The fourth-order valence-electron chi connectivity index (χ4n) is 4.08. The Balaban J connectivity index is 1.47. The first-order chi connectivity index (χ1) is 16.2. The predicted octanol–water partition coefficient (Wildman–Crippen LogP) is 5.07. The van der Waals surface area contributed by atoms with Crippen molar-refractivity contribution in [3.05, 3.63) is 66.1 Å². The van der Waals surface area contributed by atoms with Crippen LogP contribution in [-0.2, 0) is 13.1 Å². The van der Waals surface area contributed by atoms with E-state index in [0.29, 0.717) is 12.6 Å². The Morgan fingerprint density at radius 2 is 2.03 bits per heavy atom. The van der Waals surface area contributed by atoms with Crippen LogP contribution in [0.25, 0.3) is 22.4 Å². The normalized spacial score (nSPS) is 13.7. The third-order valence-corrected chi connectivity index (χ3v) is 6.04. The molecule has 33 heavy (non-hydrogen) atoms. The van der Waals surface area contributed by atoms with Crippen LogP contribution in [0.3, 0.4) is 0 Å². The minimum atomic E-state index is 0.451. The molecule has 170 valence electrons. The van der Waals surface area contributed by atoms with E-state index in [9.17, 15) is 0 Å². The molecule has 0 radical (unpaired) electrons. The van der Waals surface area contributed by atoms with Crippen LogP contribution in [0.2, 0.25) is 0 Å². The van der Waals surface area contributed by atoms with Crippen molar-refractivity contribution in [2.45, 2.75) is 51.7 Å². The maximum absolute atomic E-state index is 4.97. The lowest BCUT2D eigenvalue weighted by Gasteiger charge is -2.16. The molecule has 3 heterocycles. The Hall–Kier alpha value is -3.32. The summed E-state index contributed by atoms with van der Waals surface area (Å²) in [7, 11) is 2.18. The molecule has 0 saturated heterocycles. The molecule has 1 aliphatic carbocycles. The molecule has 5 rings (SSSR count). The van der Waals surface area contributed by atoms with Gasteiger partial charge in [0.1, 0.15) is 5.82 Å². The Morgan fingerprint density at radius 1 is 1.12 bits per heavy atom. The van der Waals surface area contributed by atoms with Gasteiger partial charge in [-0.1, -0.05) is 37.6 Å². The third-order valence-electron chi connectivity index (χ3n) is 6.04. The van der Waals surface area contributed by atoms with E-state index in [2.05, 4.69) is 63.2 Å². The summed E-state index contributed by atoms with van der Waals surface area (Å²) >= 11 is 0. The first-order valence-corrected chi connectivity index (χ1v) is 11.9. The van der Waals surface area contributed by atoms with Crippen LogP contribution in [0, 0.1) is 0 Å². The van der Waals surface area contributed by atoms with Crippen LogP contribution in [0.1, 0.15) is 49.9 Å². The van der Waals surface area contributed by atoms with Crippen molar-refractivity contribution in [1.29, 1.82) is 0 Å². The molecule has 0 bridgehead atoms. The Morgan fingerprint density at radius 3 is 2.82 bits per heavy atom. The predicted molar refractivity (Wildman–Crippen MR) is 132 cm³/mol. The molecule has 1 fully saturated rings. The summed E-state index contributed by atoms with van der Waals surface area (Å²) in [5, 5.41) is 9.08. The van der Waals surface area contributed by atoms with Gasteiger partial charge in [0.15, 0.2) is 11.5 Å². The first-order valence-electron chi connectivity index (χ1n) is 11.9. The molecule has 1 aromatic carbocycles. The van der Waals surface area contributed by atoms with Gasteiger partial charge in [0, 0.05) is 18.3 Å². The van der Waals surface area contributed by atoms with Crippen LogP contribution in [0.5, 0.6) is 0 Å². The molecule has 4 aromatic rings. The minimum Gasteiger partial charge on any atom is -0.364 e. The van der Waals surface area contributed by atoms with Crippen molar-refractivity contribution < 1.29 is 0 Å². The van der Waals surface area contributed by atoms with Gasteiger partial charge >= 0.3 is 0 Å².